The molecule has 2 rings (SSSR count). The maximum Gasteiger partial charge on any atom is 0.250 e. The van der Waals surface area contributed by atoms with Gasteiger partial charge in [0.1, 0.15) is 11.6 Å². The van der Waals surface area contributed by atoms with Gasteiger partial charge in [0, 0.05) is 17.3 Å². The minimum atomic E-state index is -0.601. The third-order valence-electron chi connectivity index (χ3n) is 3.08. The van der Waals surface area contributed by atoms with Crippen molar-refractivity contribution in [3.8, 4) is 5.75 Å². The first-order chi connectivity index (χ1) is 9.88. The molecule has 0 saturated carbocycles. The van der Waals surface area contributed by atoms with Gasteiger partial charge in [0.15, 0.2) is 0 Å². The molecule has 1 amide bonds. The highest BCUT2D eigenvalue weighted by Gasteiger charge is 2.13. The van der Waals surface area contributed by atoms with Gasteiger partial charge in [0.25, 0.3) is 0 Å². The van der Waals surface area contributed by atoms with Gasteiger partial charge in [-0.15, -0.1) is 0 Å². The zero-order valence-electron chi connectivity index (χ0n) is 11.2. The van der Waals surface area contributed by atoms with Crippen LogP contribution >= 0.6 is 11.6 Å². The molecule has 110 valence electrons. The van der Waals surface area contributed by atoms with E-state index in [1.165, 1.54) is 18.2 Å². The molecule has 21 heavy (non-hydrogen) atoms. The van der Waals surface area contributed by atoms with Gasteiger partial charge in [-0.25, -0.2) is 4.39 Å². The molecule has 0 radical (unpaired) electrons. The summed E-state index contributed by atoms with van der Waals surface area (Å²) < 4.78 is 13.0. The lowest BCUT2D eigenvalue weighted by molar-refractivity contribution is 0.100. The molecule has 0 aliphatic rings. The van der Waals surface area contributed by atoms with E-state index in [0.717, 1.165) is 6.07 Å². The molecule has 0 heterocycles. The van der Waals surface area contributed by atoms with Crippen molar-refractivity contribution in [1.29, 1.82) is 0 Å². The van der Waals surface area contributed by atoms with Gasteiger partial charge in [0.05, 0.1) is 16.6 Å². The van der Waals surface area contributed by atoms with Crippen molar-refractivity contribution in [2.75, 3.05) is 5.32 Å². The van der Waals surface area contributed by atoms with Gasteiger partial charge in [-0.3, -0.25) is 4.79 Å². The van der Waals surface area contributed by atoms with Crippen LogP contribution in [0.25, 0.3) is 0 Å². The van der Waals surface area contributed by atoms with E-state index in [9.17, 15) is 14.3 Å². The Morgan fingerprint density at radius 2 is 2.05 bits per heavy atom. The average Bonchev–Trinajstić information content (AvgIpc) is 2.37. The van der Waals surface area contributed by atoms with Crippen LogP contribution in [0.1, 0.15) is 28.9 Å². The number of anilines is 1. The summed E-state index contributed by atoms with van der Waals surface area (Å²) in [7, 11) is 0. The molecule has 2 aromatic rings. The third-order valence-corrected chi connectivity index (χ3v) is 3.39. The Morgan fingerprint density at radius 1 is 1.33 bits per heavy atom. The number of nitrogens with two attached hydrogens (primary N) is 1. The highest BCUT2D eigenvalue weighted by molar-refractivity contribution is 6.34. The predicted octanol–water partition coefficient (Wildman–Crippen LogP) is 3.46. The van der Waals surface area contributed by atoms with Gasteiger partial charge in [-0.1, -0.05) is 17.7 Å². The SMILES string of the molecule is CC(Nc1ccc(C(N)=O)c(Cl)c1)c1ccc(F)cc1O. The number of phenolic OH excluding ortho intramolecular Hbond substituents is 1. The van der Waals surface area contributed by atoms with E-state index >= 15 is 0 Å². The fourth-order valence-corrected chi connectivity index (χ4v) is 2.29. The summed E-state index contributed by atoms with van der Waals surface area (Å²) in [5.74, 6) is -1.23. The van der Waals surface area contributed by atoms with Crippen LogP contribution < -0.4 is 11.1 Å². The lowest BCUT2D eigenvalue weighted by Gasteiger charge is -2.17. The van der Waals surface area contributed by atoms with Crippen LogP contribution in [0.3, 0.4) is 0 Å². The fourth-order valence-electron chi connectivity index (χ4n) is 2.02. The topological polar surface area (TPSA) is 75.3 Å². The van der Waals surface area contributed by atoms with E-state index in [2.05, 4.69) is 5.32 Å². The zero-order valence-corrected chi connectivity index (χ0v) is 12.0. The summed E-state index contributed by atoms with van der Waals surface area (Å²) in [5, 5.41) is 13.1. The molecule has 0 aliphatic heterocycles. The molecule has 0 saturated heterocycles. The molecule has 4 nitrogen and oxygen atoms in total. The first-order valence-corrected chi connectivity index (χ1v) is 6.60. The van der Waals surface area contributed by atoms with Crippen molar-refractivity contribution in [2.45, 2.75) is 13.0 Å². The van der Waals surface area contributed by atoms with E-state index in [1.807, 2.05) is 6.92 Å². The second-order valence-electron chi connectivity index (χ2n) is 4.63. The molecule has 2 aromatic carbocycles. The Labute approximate surface area is 126 Å². The van der Waals surface area contributed by atoms with Gasteiger partial charge in [0.2, 0.25) is 5.91 Å². The van der Waals surface area contributed by atoms with E-state index in [4.69, 9.17) is 17.3 Å². The lowest BCUT2D eigenvalue weighted by atomic mass is 10.1. The smallest absolute Gasteiger partial charge is 0.250 e. The number of nitrogens with one attached hydrogen (secondary N) is 1. The summed E-state index contributed by atoms with van der Waals surface area (Å²) in [6.07, 6.45) is 0. The Morgan fingerprint density at radius 3 is 2.62 bits per heavy atom. The van der Waals surface area contributed by atoms with Gasteiger partial charge in [-0.05, 0) is 31.2 Å². The molecule has 0 aliphatic carbocycles. The highest BCUT2D eigenvalue weighted by atomic mass is 35.5. The number of rotatable bonds is 4. The van der Waals surface area contributed by atoms with Gasteiger partial charge >= 0.3 is 0 Å². The lowest BCUT2D eigenvalue weighted by Crippen LogP contribution is -2.12. The summed E-state index contributed by atoms with van der Waals surface area (Å²) >= 11 is 5.97. The number of halogens is 2. The number of amides is 1. The molecule has 0 fully saturated rings. The number of carbonyl (C=O) groups excluding carboxylic acids is 1. The van der Waals surface area contributed by atoms with Crippen LogP contribution in [0.2, 0.25) is 5.02 Å². The second kappa shape index (κ2) is 6.01. The molecule has 1 atom stereocenters. The van der Waals surface area contributed by atoms with Crippen molar-refractivity contribution in [3.05, 3.63) is 58.4 Å². The molecule has 1 unspecified atom stereocenters. The van der Waals surface area contributed by atoms with Crippen LogP contribution in [0, 0.1) is 5.82 Å². The van der Waals surface area contributed by atoms with Gasteiger partial charge in [-0.2, -0.15) is 0 Å². The summed E-state index contributed by atoms with van der Waals surface area (Å²) in [6, 6.07) is 8.29. The summed E-state index contributed by atoms with van der Waals surface area (Å²) in [4.78, 5) is 11.1. The Kier molecular flexibility index (Phi) is 4.33. The number of benzene rings is 2. The van der Waals surface area contributed by atoms with Crippen LogP contribution in [0.15, 0.2) is 36.4 Å². The van der Waals surface area contributed by atoms with Crippen LogP contribution in [-0.2, 0) is 0 Å². The Hall–Kier alpha value is -2.27. The van der Waals surface area contributed by atoms with E-state index in [0.29, 0.717) is 11.3 Å². The molecule has 0 bridgehead atoms. The van der Waals surface area contributed by atoms with E-state index in [-0.39, 0.29) is 22.4 Å². The molecule has 4 N–H and O–H groups in total. The maximum absolute atomic E-state index is 13.0. The molecule has 6 heteroatoms. The number of carbonyl (C=O) groups is 1. The van der Waals surface area contributed by atoms with Crippen molar-refractivity contribution < 1.29 is 14.3 Å². The second-order valence-corrected chi connectivity index (χ2v) is 5.04. The monoisotopic (exact) mass is 308 g/mol. The van der Waals surface area contributed by atoms with Crippen molar-refractivity contribution in [3.63, 3.8) is 0 Å². The summed E-state index contributed by atoms with van der Waals surface area (Å²) in [5.41, 5.74) is 6.62. The molecular formula is C15H14ClFN2O2. The molecule has 0 aromatic heterocycles. The minimum Gasteiger partial charge on any atom is -0.507 e. The standard InChI is InChI=1S/C15H14ClFN2O2/c1-8(11-4-2-9(17)6-14(11)20)19-10-3-5-12(15(18)21)13(16)7-10/h2-8,19-20H,1H3,(H2,18,21). The number of phenols is 1. The molecule has 0 spiro atoms. The third kappa shape index (κ3) is 3.44. The first-order valence-electron chi connectivity index (χ1n) is 6.23. The quantitative estimate of drug-likeness (QED) is 0.809. The number of hydrogen-bond acceptors (Lipinski definition) is 3. The highest BCUT2D eigenvalue weighted by Crippen LogP contribution is 2.29. The molecular weight excluding hydrogens is 295 g/mol. The predicted molar refractivity (Wildman–Crippen MR) is 80.1 cm³/mol. The van der Waals surface area contributed by atoms with E-state index < -0.39 is 11.7 Å². The minimum absolute atomic E-state index is 0.130. The Bertz CT molecular complexity index is 691. The average molecular weight is 309 g/mol. The number of aromatic hydroxyl groups is 1. The normalized spacial score (nSPS) is 12.0. The maximum atomic E-state index is 13.0. The van der Waals surface area contributed by atoms with Crippen molar-refractivity contribution in [1.82, 2.24) is 0 Å². The largest absolute Gasteiger partial charge is 0.507 e. The van der Waals surface area contributed by atoms with Crippen molar-refractivity contribution >= 4 is 23.2 Å². The van der Waals surface area contributed by atoms with Crippen LogP contribution in [0.5, 0.6) is 5.75 Å². The summed E-state index contributed by atoms with van der Waals surface area (Å²) in [6.45, 7) is 1.81. The first kappa shape index (κ1) is 15.1. The fraction of sp³-hybridized carbons (Fsp3) is 0.133. The number of primary amides is 1. The Balaban J connectivity index is 2.21. The van der Waals surface area contributed by atoms with Gasteiger partial charge < -0.3 is 16.2 Å². The number of hydrogen-bond donors (Lipinski definition) is 3. The van der Waals surface area contributed by atoms with E-state index in [1.54, 1.807) is 12.1 Å². The van der Waals surface area contributed by atoms with Crippen LogP contribution in [0.4, 0.5) is 10.1 Å². The zero-order chi connectivity index (χ0) is 15.6. The van der Waals surface area contributed by atoms with Crippen LogP contribution in [-0.4, -0.2) is 11.0 Å². The van der Waals surface area contributed by atoms with Crippen molar-refractivity contribution in [2.24, 2.45) is 5.73 Å².